The molecule has 0 bridgehead atoms. The molecule has 5 atom stereocenters. The zero-order valence-corrected chi connectivity index (χ0v) is 61.6. The highest BCUT2D eigenvalue weighted by Gasteiger charge is 2.30. The Hall–Kier alpha value is -1.94. The molecular formula is C73H142O17P2. The number of unbranched alkanes of at least 4 members (excludes halogenated alkanes) is 42. The third kappa shape index (κ3) is 66.7. The predicted octanol–water partition coefficient (Wildman–Crippen LogP) is 21.2. The number of hydrogen-bond acceptors (Lipinski definition) is 15. The number of esters is 4. The highest BCUT2D eigenvalue weighted by molar-refractivity contribution is 7.47. The SMILES string of the molecule is CCCCCCCCCCCCCCCCC(=O)OC[C@H](COP(=O)(O)OC[C@@H](O)COP(=O)(O)OC[C@@H](COC(=O)CCCCCCCCCC(C)C)OC(=O)CCCCCCCCCCCCCCC)OC(=O)CCCCCCCCCCCCCCC(C)C. The molecule has 0 fully saturated rings. The van der Waals surface area contributed by atoms with E-state index in [1.165, 1.54) is 186 Å². The molecule has 0 rings (SSSR count). The first-order valence-corrected chi connectivity index (χ1v) is 41.0. The molecule has 17 nitrogen and oxygen atoms in total. The van der Waals surface area contributed by atoms with E-state index in [0.717, 1.165) is 102 Å². The Labute approximate surface area is 562 Å². The molecule has 92 heavy (non-hydrogen) atoms. The average molecular weight is 1350 g/mol. The van der Waals surface area contributed by atoms with Crippen molar-refractivity contribution in [2.24, 2.45) is 11.8 Å². The monoisotopic (exact) mass is 1350 g/mol. The zero-order chi connectivity index (χ0) is 67.9. The van der Waals surface area contributed by atoms with E-state index in [-0.39, 0.29) is 25.7 Å². The van der Waals surface area contributed by atoms with Crippen LogP contribution < -0.4 is 0 Å². The van der Waals surface area contributed by atoms with Crippen LogP contribution in [0.3, 0.4) is 0 Å². The molecule has 0 saturated heterocycles. The third-order valence-corrected chi connectivity index (χ3v) is 18.9. The van der Waals surface area contributed by atoms with Crippen LogP contribution in [0, 0.1) is 11.8 Å². The van der Waals surface area contributed by atoms with Crippen molar-refractivity contribution in [2.45, 2.75) is 394 Å². The maximum absolute atomic E-state index is 13.1. The van der Waals surface area contributed by atoms with Gasteiger partial charge in [0.25, 0.3) is 0 Å². The summed E-state index contributed by atoms with van der Waals surface area (Å²) < 4.78 is 68.4. The van der Waals surface area contributed by atoms with Gasteiger partial charge in [0, 0.05) is 25.7 Å². The number of carbonyl (C=O) groups excluding carboxylic acids is 4. The highest BCUT2D eigenvalue weighted by Crippen LogP contribution is 2.45. The summed E-state index contributed by atoms with van der Waals surface area (Å²) in [5.74, 6) is -0.636. The zero-order valence-electron chi connectivity index (χ0n) is 59.9. The lowest BCUT2D eigenvalue weighted by Crippen LogP contribution is -2.30. The third-order valence-electron chi connectivity index (χ3n) is 17.0. The van der Waals surface area contributed by atoms with E-state index in [1.54, 1.807) is 0 Å². The molecule has 0 aromatic heterocycles. The molecule has 0 radical (unpaired) electrons. The van der Waals surface area contributed by atoms with E-state index in [9.17, 15) is 43.2 Å². The summed E-state index contributed by atoms with van der Waals surface area (Å²) in [6.07, 6.45) is 51.3. The van der Waals surface area contributed by atoms with E-state index in [2.05, 4.69) is 41.5 Å². The van der Waals surface area contributed by atoms with E-state index in [4.69, 9.17) is 37.0 Å². The largest absolute Gasteiger partial charge is 0.472 e. The van der Waals surface area contributed by atoms with Crippen molar-refractivity contribution in [3.63, 3.8) is 0 Å². The Morgan fingerprint density at radius 2 is 0.500 bits per heavy atom. The Morgan fingerprint density at radius 1 is 0.293 bits per heavy atom. The summed E-state index contributed by atoms with van der Waals surface area (Å²) in [5, 5.41) is 10.6. The maximum atomic E-state index is 13.1. The Balaban J connectivity index is 5.25. The molecule has 19 heteroatoms. The van der Waals surface area contributed by atoms with E-state index < -0.39 is 97.5 Å². The molecule has 0 aliphatic heterocycles. The van der Waals surface area contributed by atoms with Gasteiger partial charge in [0.15, 0.2) is 12.2 Å². The van der Waals surface area contributed by atoms with Crippen molar-refractivity contribution in [2.75, 3.05) is 39.6 Å². The highest BCUT2D eigenvalue weighted by atomic mass is 31.2. The average Bonchev–Trinajstić information content (AvgIpc) is 2.62. The standard InChI is InChI=1S/C73H142O17P2/c1-7-9-11-13-15-17-19-21-23-27-31-37-43-49-55-70(75)83-61-68(89-73(78)58-52-46-39-33-29-25-24-26-30-35-41-47-53-65(3)4)63-87-91(79,80)85-59-67(74)60-86-92(81,82)88-64-69(62-84-71(76)56-50-44-40-34-36-42-48-54-66(5)6)90-72(77)57-51-45-38-32-28-22-20-18-16-14-12-10-8-2/h65-69,74H,7-64H2,1-6H3,(H,79,80)(H,81,82)/t67-,68-,69-/m1/s1. The Bertz CT molecular complexity index is 1790. The summed E-state index contributed by atoms with van der Waals surface area (Å²) in [7, 11) is -9.91. The number of phosphoric acid groups is 2. The topological polar surface area (TPSA) is 237 Å². The molecular weight excluding hydrogens is 1210 g/mol. The van der Waals surface area contributed by atoms with Gasteiger partial charge < -0.3 is 33.8 Å². The van der Waals surface area contributed by atoms with E-state index in [1.807, 2.05) is 0 Å². The van der Waals surface area contributed by atoms with Gasteiger partial charge in [0.1, 0.15) is 19.3 Å². The van der Waals surface area contributed by atoms with Crippen LogP contribution in [0.5, 0.6) is 0 Å². The molecule has 0 aliphatic rings. The van der Waals surface area contributed by atoms with Gasteiger partial charge in [-0.25, -0.2) is 9.13 Å². The van der Waals surface area contributed by atoms with Crippen molar-refractivity contribution in [1.29, 1.82) is 0 Å². The molecule has 0 amide bonds. The predicted molar refractivity (Wildman–Crippen MR) is 372 cm³/mol. The van der Waals surface area contributed by atoms with Crippen molar-refractivity contribution in [3.05, 3.63) is 0 Å². The second-order valence-electron chi connectivity index (χ2n) is 27.3. The van der Waals surface area contributed by atoms with Crippen molar-refractivity contribution >= 4 is 39.5 Å². The van der Waals surface area contributed by atoms with Gasteiger partial charge in [-0.15, -0.1) is 0 Å². The summed E-state index contributed by atoms with van der Waals surface area (Å²) in [6.45, 7) is 9.53. The summed E-state index contributed by atoms with van der Waals surface area (Å²) in [4.78, 5) is 72.7. The minimum Gasteiger partial charge on any atom is -0.462 e. The number of aliphatic hydroxyl groups excluding tert-OH is 1. The molecule has 0 aliphatic carbocycles. The number of carbonyl (C=O) groups is 4. The van der Waals surface area contributed by atoms with Crippen LogP contribution >= 0.6 is 15.6 Å². The number of hydrogen-bond donors (Lipinski definition) is 3. The molecule has 0 aromatic carbocycles. The summed E-state index contributed by atoms with van der Waals surface area (Å²) >= 11 is 0. The second kappa shape index (κ2) is 65.0. The van der Waals surface area contributed by atoms with Crippen LogP contribution in [0.1, 0.15) is 375 Å². The number of aliphatic hydroxyl groups is 1. The van der Waals surface area contributed by atoms with Crippen molar-refractivity contribution in [3.8, 4) is 0 Å². The maximum Gasteiger partial charge on any atom is 0.472 e. The molecule has 0 spiro atoms. The number of ether oxygens (including phenoxy) is 4. The fourth-order valence-corrected chi connectivity index (χ4v) is 12.7. The molecule has 0 heterocycles. The lowest BCUT2D eigenvalue weighted by Gasteiger charge is -2.21. The number of phosphoric ester groups is 2. The van der Waals surface area contributed by atoms with Crippen LogP contribution in [0.4, 0.5) is 0 Å². The quantitative estimate of drug-likeness (QED) is 0.0222. The van der Waals surface area contributed by atoms with Gasteiger partial charge in [-0.1, -0.05) is 324 Å². The van der Waals surface area contributed by atoms with Gasteiger partial charge in [0.05, 0.1) is 26.4 Å². The first-order valence-electron chi connectivity index (χ1n) is 38.0. The molecule has 546 valence electrons. The smallest absolute Gasteiger partial charge is 0.462 e. The van der Waals surface area contributed by atoms with Gasteiger partial charge in [-0.05, 0) is 37.5 Å². The lowest BCUT2D eigenvalue weighted by molar-refractivity contribution is -0.161. The van der Waals surface area contributed by atoms with Crippen molar-refractivity contribution < 1.29 is 80.2 Å². The van der Waals surface area contributed by atoms with Crippen LogP contribution in [-0.2, 0) is 65.4 Å². The van der Waals surface area contributed by atoms with Crippen LogP contribution in [0.2, 0.25) is 0 Å². The van der Waals surface area contributed by atoms with E-state index in [0.29, 0.717) is 31.6 Å². The van der Waals surface area contributed by atoms with Crippen LogP contribution in [0.15, 0.2) is 0 Å². The first-order chi connectivity index (χ1) is 44.4. The molecule has 2 unspecified atom stereocenters. The molecule has 0 aromatic rings. The number of rotatable bonds is 72. The van der Waals surface area contributed by atoms with Gasteiger partial charge in [0.2, 0.25) is 0 Å². The fraction of sp³-hybridized carbons (Fsp3) is 0.945. The second-order valence-corrected chi connectivity index (χ2v) is 30.2. The Morgan fingerprint density at radius 3 is 0.739 bits per heavy atom. The molecule has 0 saturated carbocycles. The van der Waals surface area contributed by atoms with Gasteiger partial charge in [-0.2, -0.15) is 0 Å². The van der Waals surface area contributed by atoms with Gasteiger partial charge in [-0.3, -0.25) is 37.3 Å². The molecule has 3 N–H and O–H groups in total. The minimum atomic E-state index is -4.95. The minimum absolute atomic E-state index is 0.107. The van der Waals surface area contributed by atoms with Crippen LogP contribution in [-0.4, -0.2) is 96.7 Å². The van der Waals surface area contributed by atoms with Crippen LogP contribution in [0.25, 0.3) is 0 Å². The van der Waals surface area contributed by atoms with E-state index >= 15 is 0 Å². The lowest BCUT2D eigenvalue weighted by atomic mass is 10.0. The Kier molecular flexibility index (Phi) is 63.7. The normalized spacial score (nSPS) is 14.1. The first kappa shape index (κ1) is 90.1. The fourth-order valence-electron chi connectivity index (χ4n) is 11.1. The summed E-state index contributed by atoms with van der Waals surface area (Å²) in [5.41, 5.74) is 0. The van der Waals surface area contributed by atoms with Crippen molar-refractivity contribution in [1.82, 2.24) is 0 Å². The van der Waals surface area contributed by atoms with Gasteiger partial charge >= 0.3 is 39.5 Å². The summed E-state index contributed by atoms with van der Waals surface area (Å²) in [6, 6.07) is 0.